The Labute approximate surface area is 175 Å². The average Bonchev–Trinajstić information content (AvgIpc) is 3.26. The third-order valence-electron chi connectivity index (χ3n) is 6.17. The van der Waals surface area contributed by atoms with Crippen LogP contribution in [-0.2, 0) is 21.2 Å². The first kappa shape index (κ1) is 22.2. The highest BCUT2D eigenvalue weighted by molar-refractivity contribution is 7.89. The number of sulfonamides is 1. The van der Waals surface area contributed by atoms with E-state index in [4.69, 9.17) is 0 Å². The van der Waals surface area contributed by atoms with E-state index in [9.17, 15) is 13.2 Å². The molecule has 2 fully saturated rings. The molecule has 2 aliphatic rings. The molecule has 0 aromatic heterocycles. The van der Waals surface area contributed by atoms with E-state index in [0.29, 0.717) is 43.4 Å². The molecule has 162 valence electrons. The van der Waals surface area contributed by atoms with Crippen LogP contribution in [0.4, 0.5) is 0 Å². The Morgan fingerprint density at radius 1 is 1.14 bits per heavy atom. The molecule has 2 saturated heterocycles. The lowest BCUT2D eigenvalue weighted by molar-refractivity contribution is -0.121. The second-order valence-corrected chi connectivity index (χ2v) is 10.6. The standard InChI is InChI=1S/C22H35N3O3S/c1-18-6-5-13-24(17-18)19(2)16-23-22(26)12-9-20-7-10-21(11-8-20)29(27,28)25-14-3-4-15-25/h7-8,10-11,18-19H,3-6,9,12-17H2,1-2H3,(H,23,26). The van der Waals surface area contributed by atoms with Crippen molar-refractivity contribution in [2.45, 2.75) is 63.3 Å². The summed E-state index contributed by atoms with van der Waals surface area (Å²) in [6.07, 6.45) is 5.44. The van der Waals surface area contributed by atoms with E-state index in [1.165, 1.54) is 12.8 Å². The van der Waals surface area contributed by atoms with Crippen LogP contribution >= 0.6 is 0 Å². The van der Waals surface area contributed by atoms with Crippen molar-refractivity contribution >= 4 is 15.9 Å². The lowest BCUT2D eigenvalue weighted by atomic mass is 9.99. The number of carbonyl (C=O) groups excluding carboxylic acids is 1. The average molecular weight is 422 g/mol. The highest BCUT2D eigenvalue weighted by Gasteiger charge is 2.27. The molecule has 2 heterocycles. The van der Waals surface area contributed by atoms with Crippen LogP contribution in [0.15, 0.2) is 29.2 Å². The Morgan fingerprint density at radius 2 is 1.83 bits per heavy atom. The topological polar surface area (TPSA) is 69.7 Å². The first-order valence-electron chi connectivity index (χ1n) is 11.0. The molecule has 2 unspecified atom stereocenters. The van der Waals surface area contributed by atoms with Crippen LogP contribution in [0.3, 0.4) is 0 Å². The minimum Gasteiger partial charge on any atom is -0.355 e. The van der Waals surface area contributed by atoms with Gasteiger partial charge in [0.1, 0.15) is 0 Å². The van der Waals surface area contributed by atoms with E-state index >= 15 is 0 Å². The molecule has 1 amide bonds. The van der Waals surface area contributed by atoms with Gasteiger partial charge in [0.25, 0.3) is 0 Å². The van der Waals surface area contributed by atoms with Gasteiger partial charge in [-0.05, 0) is 69.2 Å². The molecule has 3 rings (SSSR count). The summed E-state index contributed by atoms with van der Waals surface area (Å²) >= 11 is 0. The highest BCUT2D eigenvalue weighted by Crippen LogP contribution is 2.21. The van der Waals surface area contributed by atoms with Crippen LogP contribution in [-0.4, -0.2) is 62.3 Å². The molecule has 7 heteroatoms. The first-order valence-corrected chi connectivity index (χ1v) is 12.4. The molecular formula is C22H35N3O3S. The summed E-state index contributed by atoms with van der Waals surface area (Å²) in [4.78, 5) is 15.0. The monoisotopic (exact) mass is 421 g/mol. The molecule has 1 aromatic rings. The number of hydrogen-bond acceptors (Lipinski definition) is 4. The van der Waals surface area contributed by atoms with Gasteiger partial charge in [0.15, 0.2) is 0 Å². The number of hydrogen-bond donors (Lipinski definition) is 1. The molecule has 2 aliphatic heterocycles. The summed E-state index contributed by atoms with van der Waals surface area (Å²) in [7, 11) is -3.37. The van der Waals surface area contributed by atoms with Gasteiger partial charge in [-0.2, -0.15) is 4.31 Å². The summed E-state index contributed by atoms with van der Waals surface area (Å²) in [5.41, 5.74) is 0.985. The maximum Gasteiger partial charge on any atom is 0.243 e. The zero-order valence-corrected chi connectivity index (χ0v) is 18.6. The zero-order chi connectivity index (χ0) is 20.9. The van der Waals surface area contributed by atoms with Crippen molar-refractivity contribution in [3.63, 3.8) is 0 Å². The van der Waals surface area contributed by atoms with E-state index in [1.54, 1.807) is 16.4 Å². The number of aryl methyl sites for hydroxylation is 1. The predicted molar refractivity (Wildman–Crippen MR) is 115 cm³/mol. The van der Waals surface area contributed by atoms with Crippen LogP contribution in [0.25, 0.3) is 0 Å². The van der Waals surface area contributed by atoms with Crippen LogP contribution in [0, 0.1) is 5.92 Å². The Morgan fingerprint density at radius 3 is 2.48 bits per heavy atom. The smallest absolute Gasteiger partial charge is 0.243 e. The normalized spacial score (nSPS) is 22.5. The Hall–Kier alpha value is -1.44. The van der Waals surface area contributed by atoms with Crippen LogP contribution in [0.1, 0.15) is 51.5 Å². The van der Waals surface area contributed by atoms with E-state index in [1.807, 2.05) is 12.1 Å². The van der Waals surface area contributed by atoms with Gasteiger partial charge in [0.2, 0.25) is 15.9 Å². The van der Waals surface area contributed by atoms with Crippen LogP contribution in [0.5, 0.6) is 0 Å². The molecule has 0 spiro atoms. The molecule has 0 saturated carbocycles. The first-order chi connectivity index (χ1) is 13.9. The second-order valence-electron chi connectivity index (χ2n) is 8.65. The third-order valence-corrected chi connectivity index (χ3v) is 8.09. The Bertz CT molecular complexity index is 773. The summed E-state index contributed by atoms with van der Waals surface area (Å²) in [6, 6.07) is 7.35. The molecule has 0 bridgehead atoms. The van der Waals surface area contributed by atoms with Gasteiger partial charge in [-0.25, -0.2) is 8.42 Å². The van der Waals surface area contributed by atoms with Crippen molar-refractivity contribution in [3.05, 3.63) is 29.8 Å². The predicted octanol–water partition coefficient (Wildman–Crippen LogP) is 2.64. The maximum absolute atomic E-state index is 12.6. The van der Waals surface area contributed by atoms with E-state index in [2.05, 4.69) is 24.1 Å². The fourth-order valence-corrected chi connectivity index (χ4v) is 5.79. The van der Waals surface area contributed by atoms with Gasteiger partial charge in [0.05, 0.1) is 4.90 Å². The van der Waals surface area contributed by atoms with Crippen molar-refractivity contribution in [1.29, 1.82) is 0 Å². The van der Waals surface area contributed by atoms with Gasteiger partial charge < -0.3 is 5.32 Å². The lowest BCUT2D eigenvalue weighted by Crippen LogP contribution is -2.46. The number of likely N-dealkylation sites (tertiary alicyclic amines) is 1. The number of piperidine rings is 1. The largest absolute Gasteiger partial charge is 0.355 e. The Kier molecular flexibility index (Phi) is 7.71. The Balaban J connectivity index is 1.43. The molecule has 0 aliphatic carbocycles. The van der Waals surface area contributed by atoms with Crippen molar-refractivity contribution in [2.24, 2.45) is 5.92 Å². The molecule has 1 N–H and O–H groups in total. The van der Waals surface area contributed by atoms with Crippen molar-refractivity contribution in [2.75, 3.05) is 32.7 Å². The molecule has 0 radical (unpaired) electrons. The van der Waals surface area contributed by atoms with E-state index < -0.39 is 10.0 Å². The fourth-order valence-electron chi connectivity index (χ4n) is 4.27. The van der Waals surface area contributed by atoms with Gasteiger partial charge in [-0.3, -0.25) is 9.69 Å². The van der Waals surface area contributed by atoms with Gasteiger partial charge in [-0.15, -0.1) is 0 Å². The van der Waals surface area contributed by atoms with Crippen LogP contribution in [0.2, 0.25) is 0 Å². The molecule has 2 atom stereocenters. The summed E-state index contributed by atoms with van der Waals surface area (Å²) in [6.45, 7) is 8.60. The van der Waals surface area contributed by atoms with Crippen molar-refractivity contribution in [1.82, 2.24) is 14.5 Å². The highest BCUT2D eigenvalue weighted by atomic mass is 32.2. The molecular weight excluding hydrogens is 386 g/mol. The number of nitrogens with one attached hydrogen (secondary N) is 1. The second kappa shape index (κ2) is 10.0. The van der Waals surface area contributed by atoms with Crippen molar-refractivity contribution in [3.8, 4) is 0 Å². The fraction of sp³-hybridized carbons (Fsp3) is 0.682. The van der Waals surface area contributed by atoms with Gasteiger partial charge in [-0.1, -0.05) is 19.1 Å². The van der Waals surface area contributed by atoms with Gasteiger partial charge >= 0.3 is 0 Å². The third kappa shape index (κ3) is 6.03. The summed E-state index contributed by atoms with van der Waals surface area (Å²) < 4.78 is 26.7. The maximum atomic E-state index is 12.6. The quantitative estimate of drug-likeness (QED) is 0.701. The number of carbonyl (C=O) groups is 1. The minimum atomic E-state index is -3.37. The molecule has 6 nitrogen and oxygen atoms in total. The number of benzene rings is 1. The molecule has 1 aromatic carbocycles. The van der Waals surface area contributed by atoms with E-state index in [-0.39, 0.29) is 5.91 Å². The zero-order valence-electron chi connectivity index (χ0n) is 17.8. The van der Waals surface area contributed by atoms with E-state index in [0.717, 1.165) is 37.4 Å². The lowest BCUT2D eigenvalue weighted by Gasteiger charge is -2.35. The van der Waals surface area contributed by atoms with Gasteiger partial charge in [0, 0.05) is 38.6 Å². The molecule has 29 heavy (non-hydrogen) atoms. The van der Waals surface area contributed by atoms with Crippen LogP contribution < -0.4 is 5.32 Å². The SMILES string of the molecule is CC1CCCN(C(C)CNC(=O)CCc2ccc(S(=O)(=O)N3CCCC3)cc2)C1. The van der Waals surface area contributed by atoms with Crippen molar-refractivity contribution < 1.29 is 13.2 Å². The number of rotatable bonds is 8. The summed E-state index contributed by atoms with van der Waals surface area (Å²) in [5, 5.41) is 3.05. The number of nitrogens with zero attached hydrogens (tertiary/aromatic N) is 2. The number of amides is 1. The summed E-state index contributed by atoms with van der Waals surface area (Å²) in [5.74, 6) is 0.787. The minimum absolute atomic E-state index is 0.0515.